The number of rotatable bonds is 5. The van der Waals surface area contributed by atoms with Crippen molar-refractivity contribution in [3.63, 3.8) is 0 Å². The molecule has 0 saturated carbocycles. The molecule has 0 spiro atoms. The lowest BCUT2D eigenvalue weighted by Crippen LogP contribution is -2.26. The summed E-state index contributed by atoms with van der Waals surface area (Å²) < 4.78 is 1.73. The minimum atomic E-state index is -0.144. The predicted octanol–water partition coefficient (Wildman–Crippen LogP) is 4.07. The fourth-order valence-electron chi connectivity index (χ4n) is 3.29. The van der Waals surface area contributed by atoms with Crippen LogP contribution < -0.4 is 10.9 Å². The Morgan fingerprint density at radius 3 is 2.68 bits per heavy atom. The van der Waals surface area contributed by atoms with Crippen molar-refractivity contribution in [2.45, 2.75) is 26.9 Å². The maximum absolute atomic E-state index is 13.2. The smallest absolute Gasteiger partial charge is 0.294 e. The number of aromatic nitrogens is 3. The van der Waals surface area contributed by atoms with E-state index in [0.717, 1.165) is 22.2 Å². The zero-order chi connectivity index (χ0) is 19.5. The number of nitrogens with one attached hydrogen (secondary N) is 1. The van der Waals surface area contributed by atoms with Crippen LogP contribution in [0.1, 0.15) is 22.3 Å². The zero-order valence-corrected chi connectivity index (χ0v) is 16.0. The third kappa shape index (κ3) is 3.64. The van der Waals surface area contributed by atoms with Crippen molar-refractivity contribution in [2.24, 2.45) is 0 Å². The van der Waals surface area contributed by atoms with Crippen molar-refractivity contribution < 1.29 is 0 Å². The van der Waals surface area contributed by atoms with Crippen LogP contribution in [0.2, 0.25) is 0 Å². The third-order valence-corrected chi connectivity index (χ3v) is 4.88. The molecule has 0 aliphatic rings. The van der Waals surface area contributed by atoms with Crippen LogP contribution in [0.5, 0.6) is 0 Å². The van der Waals surface area contributed by atoms with Crippen LogP contribution in [-0.2, 0) is 13.1 Å². The van der Waals surface area contributed by atoms with Crippen LogP contribution in [0, 0.1) is 13.8 Å². The Labute approximate surface area is 163 Å². The van der Waals surface area contributed by atoms with E-state index < -0.39 is 0 Å². The summed E-state index contributed by atoms with van der Waals surface area (Å²) in [5, 5.41) is 3.25. The minimum Gasteiger partial charge on any atom is -0.361 e. The number of anilines is 1. The summed E-state index contributed by atoms with van der Waals surface area (Å²) in [6.45, 7) is 5.17. The highest BCUT2D eigenvalue weighted by Crippen LogP contribution is 2.15. The van der Waals surface area contributed by atoms with E-state index in [1.165, 1.54) is 11.1 Å². The van der Waals surface area contributed by atoms with Crippen LogP contribution in [0.4, 0.5) is 5.82 Å². The summed E-state index contributed by atoms with van der Waals surface area (Å²) >= 11 is 0. The number of benzene rings is 2. The van der Waals surface area contributed by atoms with Crippen LogP contribution in [0.25, 0.3) is 11.0 Å². The molecule has 2 aromatic carbocycles. The first-order chi connectivity index (χ1) is 13.6. The number of fused-ring (bicyclic) bond motifs is 1. The van der Waals surface area contributed by atoms with Crippen LogP contribution in [0.15, 0.2) is 71.8 Å². The summed E-state index contributed by atoms with van der Waals surface area (Å²) in [5.41, 5.74) is 5.93. The highest BCUT2D eigenvalue weighted by atomic mass is 16.1. The van der Waals surface area contributed by atoms with Gasteiger partial charge >= 0.3 is 0 Å². The zero-order valence-electron chi connectivity index (χ0n) is 16.0. The number of aryl methyl sites for hydroxylation is 2. The van der Waals surface area contributed by atoms with Crippen LogP contribution >= 0.6 is 0 Å². The molecule has 0 atom stereocenters. The van der Waals surface area contributed by atoms with Gasteiger partial charge in [0.2, 0.25) is 0 Å². The third-order valence-electron chi connectivity index (χ3n) is 4.88. The number of hydrogen-bond acceptors (Lipinski definition) is 4. The van der Waals surface area contributed by atoms with Crippen molar-refractivity contribution in [1.82, 2.24) is 14.5 Å². The maximum Gasteiger partial charge on any atom is 0.294 e. The summed E-state index contributed by atoms with van der Waals surface area (Å²) in [5.74, 6) is 0.357. The largest absolute Gasteiger partial charge is 0.361 e. The molecule has 4 aromatic rings. The number of pyridine rings is 1. The molecule has 0 radical (unpaired) electrons. The van der Waals surface area contributed by atoms with Gasteiger partial charge in [-0.15, -0.1) is 0 Å². The Morgan fingerprint density at radius 1 is 1.04 bits per heavy atom. The fourth-order valence-corrected chi connectivity index (χ4v) is 3.29. The average Bonchev–Trinajstić information content (AvgIpc) is 2.72. The van der Waals surface area contributed by atoms with Crippen molar-refractivity contribution in [1.29, 1.82) is 0 Å². The van der Waals surface area contributed by atoms with Gasteiger partial charge in [-0.2, -0.15) is 0 Å². The van der Waals surface area contributed by atoms with E-state index in [1.807, 2.05) is 36.4 Å². The first-order valence-electron chi connectivity index (χ1n) is 9.30. The van der Waals surface area contributed by atoms with Crippen molar-refractivity contribution in [2.75, 3.05) is 5.32 Å². The van der Waals surface area contributed by atoms with Crippen molar-refractivity contribution >= 4 is 16.9 Å². The highest BCUT2D eigenvalue weighted by Gasteiger charge is 2.12. The van der Waals surface area contributed by atoms with Crippen molar-refractivity contribution in [3.05, 3.63) is 99.6 Å². The average molecular weight is 370 g/mol. The molecule has 0 saturated heterocycles. The van der Waals surface area contributed by atoms with E-state index >= 15 is 0 Å². The lowest BCUT2D eigenvalue weighted by atomic mass is 10.1. The Morgan fingerprint density at radius 2 is 1.86 bits per heavy atom. The monoisotopic (exact) mass is 370 g/mol. The Kier molecular flexibility index (Phi) is 4.89. The van der Waals surface area contributed by atoms with Gasteiger partial charge in [0.1, 0.15) is 0 Å². The Bertz CT molecular complexity index is 1180. The molecule has 0 bridgehead atoms. The van der Waals surface area contributed by atoms with Gasteiger partial charge in [-0.25, -0.2) is 4.98 Å². The number of nitrogens with zero attached hydrogens (tertiary/aromatic N) is 3. The molecule has 0 unspecified atom stereocenters. The molecule has 0 amide bonds. The van der Waals surface area contributed by atoms with Gasteiger partial charge in [-0.3, -0.25) is 14.3 Å². The minimum absolute atomic E-state index is 0.144. The normalized spacial score (nSPS) is 10.9. The standard InChI is InChI=1S/C23H22N4O/c1-16-8-9-17(2)19(12-16)13-25-22-23(28)27(15-18-6-4-3-5-7-18)21-14-24-11-10-20(21)26-22/h3-12,14H,13,15H2,1-2H3,(H,25,26). The maximum atomic E-state index is 13.2. The quantitative estimate of drug-likeness (QED) is 0.575. The highest BCUT2D eigenvalue weighted by molar-refractivity contribution is 5.75. The summed E-state index contributed by atoms with van der Waals surface area (Å²) in [6.07, 6.45) is 3.39. The second-order valence-corrected chi connectivity index (χ2v) is 6.99. The molecule has 0 aliphatic carbocycles. The van der Waals surface area contributed by atoms with Crippen LogP contribution in [-0.4, -0.2) is 14.5 Å². The van der Waals surface area contributed by atoms with Crippen molar-refractivity contribution in [3.8, 4) is 0 Å². The second-order valence-electron chi connectivity index (χ2n) is 6.99. The molecule has 5 heteroatoms. The molecule has 0 fully saturated rings. The molecular weight excluding hydrogens is 348 g/mol. The lowest BCUT2D eigenvalue weighted by Gasteiger charge is -2.14. The molecule has 2 aromatic heterocycles. The Balaban J connectivity index is 1.73. The molecule has 2 heterocycles. The van der Waals surface area contributed by atoms with Gasteiger partial charge in [-0.1, -0.05) is 54.1 Å². The topological polar surface area (TPSA) is 59.8 Å². The summed E-state index contributed by atoms with van der Waals surface area (Å²) in [4.78, 5) is 21.9. The first kappa shape index (κ1) is 17.9. The van der Waals surface area contributed by atoms with E-state index in [0.29, 0.717) is 18.9 Å². The second kappa shape index (κ2) is 7.64. The molecule has 4 rings (SSSR count). The van der Waals surface area contributed by atoms with Gasteiger partial charge in [0.05, 0.1) is 23.8 Å². The Hall–Kier alpha value is -3.47. The predicted molar refractivity (Wildman–Crippen MR) is 113 cm³/mol. The van der Waals surface area contributed by atoms with Gasteiger partial charge in [-0.05, 0) is 36.6 Å². The summed E-state index contributed by atoms with van der Waals surface area (Å²) in [7, 11) is 0. The number of hydrogen-bond donors (Lipinski definition) is 1. The van der Waals surface area contributed by atoms with Gasteiger partial charge in [0, 0.05) is 12.7 Å². The lowest BCUT2D eigenvalue weighted by molar-refractivity contribution is 0.785. The first-order valence-corrected chi connectivity index (χ1v) is 9.30. The fraction of sp³-hybridized carbons (Fsp3) is 0.174. The van der Waals surface area contributed by atoms with Gasteiger partial charge in [0.15, 0.2) is 5.82 Å². The molecular formula is C23H22N4O. The summed E-state index contributed by atoms with van der Waals surface area (Å²) in [6, 6.07) is 18.1. The van der Waals surface area contributed by atoms with E-state index in [-0.39, 0.29) is 5.56 Å². The van der Waals surface area contributed by atoms with E-state index in [1.54, 1.807) is 17.0 Å². The van der Waals surface area contributed by atoms with Gasteiger partial charge in [0.25, 0.3) is 5.56 Å². The van der Waals surface area contributed by atoms with Crippen LogP contribution in [0.3, 0.4) is 0 Å². The van der Waals surface area contributed by atoms with E-state index in [4.69, 9.17) is 0 Å². The van der Waals surface area contributed by atoms with Gasteiger partial charge < -0.3 is 5.32 Å². The van der Waals surface area contributed by atoms with E-state index in [2.05, 4.69) is 47.3 Å². The SMILES string of the molecule is Cc1ccc(C)c(CNc2nc3ccncc3n(Cc3ccccc3)c2=O)c1. The van der Waals surface area contributed by atoms with E-state index in [9.17, 15) is 4.79 Å². The molecule has 28 heavy (non-hydrogen) atoms. The molecule has 0 aliphatic heterocycles. The molecule has 1 N–H and O–H groups in total. The molecule has 5 nitrogen and oxygen atoms in total. The molecule has 140 valence electrons.